The molecule has 16 heavy (non-hydrogen) atoms. The Labute approximate surface area is 98.8 Å². The van der Waals surface area contributed by atoms with Crippen molar-refractivity contribution in [1.29, 1.82) is 0 Å². The summed E-state index contributed by atoms with van der Waals surface area (Å²) < 4.78 is 5.68. The molecule has 0 bridgehead atoms. The van der Waals surface area contributed by atoms with E-state index in [1.54, 1.807) is 12.1 Å². The Bertz CT molecular complexity index is 507. The van der Waals surface area contributed by atoms with Crippen LogP contribution in [0.25, 0.3) is 11.0 Å². The lowest BCUT2D eigenvalue weighted by molar-refractivity contribution is 0.439. The van der Waals surface area contributed by atoms with Crippen molar-refractivity contribution in [3.63, 3.8) is 0 Å². The lowest BCUT2D eigenvalue weighted by Crippen LogP contribution is -2.27. The van der Waals surface area contributed by atoms with Crippen LogP contribution in [0.3, 0.4) is 0 Å². The molecule has 1 atom stereocenters. The van der Waals surface area contributed by atoms with Gasteiger partial charge in [-0.15, -0.1) is 6.58 Å². The molecule has 0 radical (unpaired) electrons. The maximum Gasteiger partial charge on any atom is 0.134 e. The van der Waals surface area contributed by atoms with E-state index in [0.717, 1.165) is 16.7 Å². The van der Waals surface area contributed by atoms with Gasteiger partial charge in [0.05, 0.1) is 6.04 Å². The van der Waals surface area contributed by atoms with Crippen LogP contribution in [0.1, 0.15) is 18.2 Å². The molecule has 1 aromatic carbocycles. The van der Waals surface area contributed by atoms with Gasteiger partial charge in [-0.05, 0) is 30.7 Å². The molecule has 0 amide bonds. The van der Waals surface area contributed by atoms with Crippen molar-refractivity contribution < 1.29 is 4.42 Å². The summed E-state index contributed by atoms with van der Waals surface area (Å²) in [4.78, 5) is 0. The number of nitrogens with one attached hydrogen (secondary N) is 1. The second-order valence-electron chi connectivity index (χ2n) is 3.57. The summed E-state index contributed by atoms with van der Waals surface area (Å²) in [5.74, 6) is 6.25. The molecule has 0 aliphatic rings. The third-order valence-corrected chi connectivity index (χ3v) is 2.68. The highest BCUT2D eigenvalue weighted by molar-refractivity contribution is 6.31. The Kier molecular flexibility index (Phi) is 3.29. The van der Waals surface area contributed by atoms with Crippen LogP contribution < -0.4 is 11.3 Å². The maximum absolute atomic E-state index is 5.90. The Morgan fingerprint density at radius 1 is 1.50 bits per heavy atom. The van der Waals surface area contributed by atoms with Crippen molar-refractivity contribution in [3.8, 4) is 0 Å². The van der Waals surface area contributed by atoms with Gasteiger partial charge in [-0.3, -0.25) is 5.84 Å². The van der Waals surface area contributed by atoms with Gasteiger partial charge in [-0.1, -0.05) is 17.7 Å². The van der Waals surface area contributed by atoms with Crippen LogP contribution in [0.4, 0.5) is 0 Å². The standard InChI is InChI=1S/C12H13ClN2O/c1-2-3-10(15-14)12-7-8-6-9(13)4-5-11(8)16-12/h2,4-7,10,15H,1,3,14H2. The molecule has 2 aromatic rings. The van der Waals surface area contributed by atoms with Gasteiger partial charge < -0.3 is 4.42 Å². The van der Waals surface area contributed by atoms with E-state index < -0.39 is 0 Å². The molecule has 0 aliphatic carbocycles. The second-order valence-corrected chi connectivity index (χ2v) is 4.01. The van der Waals surface area contributed by atoms with Crippen LogP contribution in [0, 0.1) is 0 Å². The van der Waals surface area contributed by atoms with Gasteiger partial charge in [0.25, 0.3) is 0 Å². The summed E-state index contributed by atoms with van der Waals surface area (Å²) in [6, 6.07) is 7.41. The SMILES string of the molecule is C=CCC(NN)c1cc2cc(Cl)ccc2o1. The van der Waals surface area contributed by atoms with E-state index in [0.29, 0.717) is 11.4 Å². The number of fused-ring (bicyclic) bond motifs is 1. The fraction of sp³-hybridized carbons (Fsp3) is 0.167. The molecular formula is C12H13ClN2O. The van der Waals surface area contributed by atoms with Crippen LogP contribution in [-0.4, -0.2) is 0 Å². The van der Waals surface area contributed by atoms with E-state index in [2.05, 4.69) is 12.0 Å². The molecule has 0 spiro atoms. The smallest absolute Gasteiger partial charge is 0.134 e. The molecule has 3 nitrogen and oxygen atoms in total. The van der Waals surface area contributed by atoms with Gasteiger partial charge >= 0.3 is 0 Å². The monoisotopic (exact) mass is 236 g/mol. The van der Waals surface area contributed by atoms with E-state index in [4.69, 9.17) is 21.9 Å². The van der Waals surface area contributed by atoms with Crippen molar-refractivity contribution >= 4 is 22.6 Å². The van der Waals surface area contributed by atoms with Gasteiger partial charge in [-0.2, -0.15) is 0 Å². The summed E-state index contributed by atoms with van der Waals surface area (Å²) in [7, 11) is 0. The Hall–Kier alpha value is -1.29. The minimum absolute atomic E-state index is 0.0522. The molecular weight excluding hydrogens is 224 g/mol. The van der Waals surface area contributed by atoms with Gasteiger partial charge in [0.1, 0.15) is 11.3 Å². The largest absolute Gasteiger partial charge is 0.459 e. The summed E-state index contributed by atoms with van der Waals surface area (Å²) in [5, 5.41) is 1.67. The molecule has 0 saturated carbocycles. The molecule has 0 fully saturated rings. The van der Waals surface area contributed by atoms with E-state index in [1.807, 2.05) is 18.2 Å². The van der Waals surface area contributed by atoms with Crippen LogP contribution in [0.2, 0.25) is 5.02 Å². The summed E-state index contributed by atoms with van der Waals surface area (Å²) in [6.45, 7) is 3.68. The number of hydrogen-bond donors (Lipinski definition) is 2. The second kappa shape index (κ2) is 4.70. The fourth-order valence-corrected chi connectivity index (χ4v) is 1.82. The Morgan fingerprint density at radius 2 is 2.31 bits per heavy atom. The number of nitrogens with two attached hydrogens (primary N) is 1. The molecule has 4 heteroatoms. The summed E-state index contributed by atoms with van der Waals surface area (Å²) in [6.07, 6.45) is 2.51. The minimum Gasteiger partial charge on any atom is -0.459 e. The zero-order chi connectivity index (χ0) is 11.5. The van der Waals surface area contributed by atoms with Gasteiger partial charge in [0, 0.05) is 10.4 Å². The highest BCUT2D eigenvalue weighted by Gasteiger charge is 2.13. The normalized spacial score (nSPS) is 12.9. The topological polar surface area (TPSA) is 51.2 Å². The van der Waals surface area contributed by atoms with E-state index in [-0.39, 0.29) is 6.04 Å². The predicted octanol–water partition coefficient (Wildman–Crippen LogP) is 3.17. The average molecular weight is 237 g/mol. The first-order valence-corrected chi connectivity index (χ1v) is 5.38. The van der Waals surface area contributed by atoms with Crippen LogP contribution in [0.5, 0.6) is 0 Å². The summed E-state index contributed by atoms with van der Waals surface area (Å²) >= 11 is 5.90. The van der Waals surface area contributed by atoms with Crippen molar-refractivity contribution in [2.75, 3.05) is 0 Å². The number of hydrazine groups is 1. The van der Waals surface area contributed by atoms with Gasteiger partial charge in [0.15, 0.2) is 0 Å². The molecule has 1 heterocycles. The highest BCUT2D eigenvalue weighted by atomic mass is 35.5. The van der Waals surface area contributed by atoms with E-state index in [1.165, 1.54) is 0 Å². The minimum atomic E-state index is -0.0522. The van der Waals surface area contributed by atoms with Crippen LogP contribution >= 0.6 is 11.6 Å². The highest BCUT2D eigenvalue weighted by Crippen LogP contribution is 2.27. The molecule has 0 aliphatic heterocycles. The lowest BCUT2D eigenvalue weighted by atomic mass is 10.1. The number of rotatable bonds is 4. The molecule has 3 N–H and O–H groups in total. The summed E-state index contributed by atoms with van der Waals surface area (Å²) in [5.41, 5.74) is 3.51. The third kappa shape index (κ3) is 2.11. The molecule has 2 rings (SSSR count). The van der Waals surface area contributed by atoms with Crippen LogP contribution in [-0.2, 0) is 0 Å². The molecule has 1 unspecified atom stereocenters. The lowest BCUT2D eigenvalue weighted by Gasteiger charge is -2.09. The predicted molar refractivity (Wildman–Crippen MR) is 66.1 cm³/mol. The first-order chi connectivity index (χ1) is 7.74. The fourth-order valence-electron chi connectivity index (χ4n) is 1.64. The van der Waals surface area contributed by atoms with Gasteiger partial charge in [0.2, 0.25) is 0 Å². The van der Waals surface area contributed by atoms with Crippen LogP contribution in [0.15, 0.2) is 41.3 Å². The molecule has 1 aromatic heterocycles. The van der Waals surface area contributed by atoms with Crippen molar-refractivity contribution in [2.45, 2.75) is 12.5 Å². The number of furan rings is 1. The molecule has 84 valence electrons. The zero-order valence-corrected chi connectivity index (χ0v) is 9.50. The molecule has 0 saturated heterocycles. The first kappa shape index (κ1) is 11.2. The number of halogens is 1. The quantitative estimate of drug-likeness (QED) is 0.487. The average Bonchev–Trinajstić information content (AvgIpc) is 2.68. The Balaban J connectivity index is 2.41. The first-order valence-electron chi connectivity index (χ1n) is 5.00. The zero-order valence-electron chi connectivity index (χ0n) is 8.74. The van der Waals surface area contributed by atoms with Crippen molar-refractivity contribution in [1.82, 2.24) is 5.43 Å². The Morgan fingerprint density at radius 3 is 3.00 bits per heavy atom. The van der Waals surface area contributed by atoms with Crippen molar-refractivity contribution in [3.05, 3.63) is 47.7 Å². The van der Waals surface area contributed by atoms with Crippen molar-refractivity contribution in [2.24, 2.45) is 5.84 Å². The maximum atomic E-state index is 5.90. The number of benzene rings is 1. The third-order valence-electron chi connectivity index (χ3n) is 2.44. The van der Waals surface area contributed by atoms with E-state index in [9.17, 15) is 0 Å². The van der Waals surface area contributed by atoms with Gasteiger partial charge in [-0.25, -0.2) is 5.43 Å². The van der Waals surface area contributed by atoms with E-state index >= 15 is 0 Å². The number of hydrogen-bond acceptors (Lipinski definition) is 3.